The van der Waals surface area contributed by atoms with Crippen LogP contribution < -0.4 is 0 Å². The number of sulfonamides is 1. The summed E-state index contributed by atoms with van der Waals surface area (Å²) in [5, 5.41) is 0. The maximum atomic E-state index is 12.9. The summed E-state index contributed by atoms with van der Waals surface area (Å²) in [7, 11) is -3.22. The van der Waals surface area contributed by atoms with Gasteiger partial charge in [-0.3, -0.25) is 4.90 Å². The summed E-state index contributed by atoms with van der Waals surface area (Å²) in [5.41, 5.74) is 2.42. The Morgan fingerprint density at radius 2 is 1.36 bits per heavy atom. The molecule has 0 radical (unpaired) electrons. The first-order valence-corrected chi connectivity index (χ1v) is 12.0. The Balaban J connectivity index is 1.47. The van der Waals surface area contributed by atoms with Crippen LogP contribution in [0.15, 0.2) is 60.7 Å². The van der Waals surface area contributed by atoms with E-state index in [1.54, 1.807) is 4.31 Å². The molecule has 5 heteroatoms. The Morgan fingerprint density at radius 3 is 1.96 bits per heavy atom. The first-order valence-electron chi connectivity index (χ1n) is 10.4. The molecule has 2 heterocycles. The quantitative estimate of drug-likeness (QED) is 0.746. The lowest BCUT2D eigenvalue weighted by Crippen LogP contribution is -2.53. The summed E-state index contributed by atoms with van der Waals surface area (Å²) in [6, 6.07) is 20.6. The van der Waals surface area contributed by atoms with E-state index in [1.807, 2.05) is 30.3 Å². The molecule has 2 aliphatic heterocycles. The lowest BCUT2D eigenvalue weighted by Gasteiger charge is -2.47. The van der Waals surface area contributed by atoms with Crippen LogP contribution in [-0.4, -0.2) is 49.6 Å². The standard InChI is InChI=1S/C23H30N2O2S/c26-28(27,20-13-21-9-3-1-4-10-21)25-18-14-23(15-19-25,24-16-7-8-17-24)22-11-5-2-6-12-22/h1-6,9-12H,7-8,13-20H2. The number of likely N-dealkylation sites (tertiary alicyclic amines) is 1. The summed E-state index contributed by atoms with van der Waals surface area (Å²) in [5.74, 6) is 0.194. The summed E-state index contributed by atoms with van der Waals surface area (Å²) in [4.78, 5) is 2.61. The smallest absolute Gasteiger partial charge is 0.214 e. The van der Waals surface area contributed by atoms with Crippen molar-refractivity contribution in [3.8, 4) is 0 Å². The second-order valence-corrected chi connectivity index (χ2v) is 10.1. The van der Waals surface area contributed by atoms with E-state index < -0.39 is 10.0 Å². The summed E-state index contributed by atoms with van der Waals surface area (Å²) >= 11 is 0. The molecule has 0 atom stereocenters. The van der Waals surface area contributed by atoms with E-state index in [9.17, 15) is 8.42 Å². The van der Waals surface area contributed by atoms with Crippen molar-refractivity contribution in [3.05, 3.63) is 71.8 Å². The van der Waals surface area contributed by atoms with Crippen molar-refractivity contribution < 1.29 is 8.42 Å². The van der Waals surface area contributed by atoms with Crippen molar-refractivity contribution in [1.29, 1.82) is 0 Å². The van der Waals surface area contributed by atoms with Gasteiger partial charge in [0.25, 0.3) is 0 Å². The third-order valence-electron chi connectivity index (χ3n) is 6.46. The van der Waals surface area contributed by atoms with Gasteiger partial charge in [0.15, 0.2) is 0 Å². The van der Waals surface area contributed by atoms with Gasteiger partial charge in [-0.25, -0.2) is 12.7 Å². The fourth-order valence-corrected chi connectivity index (χ4v) is 6.33. The van der Waals surface area contributed by atoms with Gasteiger partial charge in [-0.2, -0.15) is 0 Å². The number of nitrogens with zero attached hydrogens (tertiary/aromatic N) is 2. The average Bonchev–Trinajstić information content (AvgIpc) is 3.29. The van der Waals surface area contributed by atoms with E-state index in [0.29, 0.717) is 19.5 Å². The SMILES string of the molecule is O=S(=O)(CCc1ccccc1)N1CCC(c2ccccc2)(N2CCCC2)CC1. The van der Waals surface area contributed by atoms with Crippen molar-refractivity contribution in [2.45, 2.75) is 37.6 Å². The van der Waals surface area contributed by atoms with E-state index in [1.165, 1.54) is 18.4 Å². The van der Waals surface area contributed by atoms with Crippen molar-refractivity contribution in [3.63, 3.8) is 0 Å². The highest BCUT2D eigenvalue weighted by Gasteiger charge is 2.44. The number of aryl methyl sites for hydroxylation is 1. The molecule has 0 amide bonds. The Hall–Kier alpha value is -1.69. The van der Waals surface area contributed by atoms with E-state index in [4.69, 9.17) is 0 Å². The number of benzene rings is 2. The molecule has 0 spiro atoms. The highest BCUT2D eigenvalue weighted by atomic mass is 32.2. The molecule has 0 unspecified atom stereocenters. The molecule has 0 saturated carbocycles. The van der Waals surface area contributed by atoms with Gasteiger partial charge in [0, 0.05) is 18.6 Å². The number of rotatable bonds is 6. The summed E-state index contributed by atoms with van der Waals surface area (Å²) in [6.45, 7) is 3.47. The molecule has 2 saturated heterocycles. The van der Waals surface area contributed by atoms with Crippen LogP contribution in [-0.2, 0) is 22.0 Å². The molecule has 2 aliphatic rings. The van der Waals surface area contributed by atoms with Crippen LogP contribution in [0.4, 0.5) is 0 Å². The second kappa shape index (κ2) is 8.36. The molecule has 2 aromatic carbocycles. The molecule has 0 bridgehead atoms. The lowest BCUT2D eigenvalue weighted by molar-refractivity contribution is 0.0572. The van der Waals surface area contributed by atoms with Gasteiger partial charge in [0.2, 0.25) is 10.0 Å². The third-order valence-corrected chi connectivity index (χ3v) is 8.33. The zero-order valence-electron chi connectivity index (χ0n) is 16.5. The molecule has 2 fully saturated rings. The largest absolute Gasteiger partial charge is 0.293 e. The predicted octanol–water partition coefficient (Wildman–Crippen LogP) is 3.65. The molecule has 4 rings (SSSR count). The van der Waals surface area contributed by atoms with Crippen molar-refractivity contribution in [1.82, 2.24) is 9.21 Å². The Bertz CT molecular complexity index is 854. The van der Waals surface area contributed by atoms with Crippen molar-refractivity contribution in [2.75, 3.05) is 31.9 Å². The van der Waals surface area contributed by atoms with Crippen LogP contribution >= 0.6 is 0 Å². The minimum atomic E-state index is -3.22. The van der Waals surface area contributed by atoms with E-state index in [2.05, 4.69) is 35.2 Å². The van der Waals surface area contributed by atoms with Crippen LogP contribution in [0.3, 0.4) is 0 Å². The molecule has 150 valence electrons. The normalized spacial score (nSPS) is 21.0. The zero-order valence-corrected chi connectivity index (χ0v) is 17.3. The third kappa shape index (κ3) is 4.02. The molecule has 2 aromatic rings. The maximum Gasteiger partial charge on any atom is 0.214 e. The fourth-order valence-electron chi connectivity index (χ4n) is 4.84. The van der Waals surface area contributed by atoms with Gasteiger partial charge in [-0.1, -0.05) is 60.7 Å². The lowest BCUT2D eigenvalue weighted by atomic mass is 9.80. The van der Waals surface area contributed by atoms with E-state index >= 15 is 0 Å². The van der Waals surface area contributed by atoms with Crippen LogP contribution in [0.1, 0.15) is 36.8 Å². The van der Waals surface area contributed by atoms with Gasteiger partial charge in [0.1, 0.15) is 0 Å². The van der Waals surface area contributed by atoms with Crippen molar-refractivity contribution in [2.24, 2.45) is 0 Å². The molecule has 0 aliphatic carbocycles. The monoisotopic (exact) mass is 398 g/mol. The first-order chi connectivity index (χ1) is 13.6. The highest BCUT2D eigenvalue weighted by Crippen LogP contribution is 2.41. The van der Waals surface area contributed by atoms with Gasteiger partial charge in [-0.15, -0.1) is 0 Å². The van der Waals surface area contributed by atoms with Gasteiger partial charge in [-0.05, 0) is 56.3 Å². The molecule has 0 aromatic heterocycles. The van der Waals surface area contributed by atoms with Crippen LogP contribution in [0.25, 0.3) is 0 Å². The van der Waals surface area contributed by atoms with Crippen molar-refractivity contribution >= 4 is 10.0 Å². The predicted molar refractivity (Wildman–Crippen MR) is 114 cm³/mol. The van der Waals surface area contributed by atoms with Crippen LogP contribution in [0, 0.1) is 0 Å². The van der Waals surface area contributed by atoms with Gasteiger partial charge < -0.3 is 0 Å². The van der Waals surface area contributed by atoms with Gasteiger partial charge in [0.05, 0.1) is 5.75 Å². The summed E-state index contributed by atoms with van der Waals surface area (Å²) in [6.07, 6.45) is 4.82. The number of piperidine rings is 1. The van der Waals surface area contributed by atoms with E-state index in [0.717, 1.165) is 31.5 Å². The molecule has 0 N–H and O–H groups in total. The Kier molecular flexibility index (Phi) is 5.85. The average molecular weight is 399 g/mol. The first kappa shape index (κ1) is 19.6. The van der Waals surface area contributed by atoms with Crippen LogP contribution in [0.2, 0.25) is 0 Å². The highest BCUT2D eigenvalue weighted by molar-refractivity contribution is 7.89. The van der Waals surface area contributed by atoms with Gasteiger partial charge >= 0.3 is 0 Å². The number of hydrogen-bond acceptors (Lipinski definition) is 3. The molecular formula is C23H30N2O2S. The topological polar surface area (TPSA) is 40.6 Å². The Morgan fingerprint density at radius 1 is 0.786 bits per heavy atom. The minimum absolute atomic E-state index is 0.0107. The maximum absolute atomic E-state index is 12.9. The molecule has 4 nitrogen and oxygen atoms in total. The second-order valence-electron chi connectivity index (χ2n) is 8.04. The fraction of sp³-hybridized carbons (Fsp3) is 0.478. The van der Waals surface area contributed by atoms with Crippen LogP contribution in [0.5, 0.6) is 0 Å². The Labute approximate surface area is 169 Å². The molecule has 28 heavy (non-hydrogen) atoms. The number of hydrogen-bond donors (Lipinski definition) is 0. The molecular weight excluding hydrogens is 368 g/mol. The summed E-state index contributed by atoms with van der Waals surface area (Å²) < 4.78 is 27.6. The zero-order chi connectivity index (χ0) is 19.5. The van der Waals surface area contributed by atoms with E-state index in [-0.39, 0.29) is 11.3 Å². The minimum Gasteiger partial charge on any atom is -0.293 e.